The van der Waals surface area contributed by atoms with Crippen molar-refractivity contribution in [2.45, 2.75) is 19.3 Å². The van der Waals surface area contributed by atoms with E-state index in [1.807, 2.05) is 12.1 Å². The normalized spacial score (nSPS) is 20.0. The van der Waals surface area contributed by atoms with Crippen LogP contribution in [0.2, 0.25) is 0 Å². The molecule has 0 unspecified atom stereocenters. The summed E-state index contributed by atoms with van der Waals surface area (Å²) in [7, 11) is 0. The molecule has 1 aliphatic rings. The summed E-state index contributed by atoms with van der Waals surface area (Å²) >= 11 is 0. The molecule has 116 valence electrons. The van der Waals surface area contributed by atoms with Gasteiger partial charge in [0.25, 0.3) is 5.91 Å². The fourth-order valence-corrected chi connectivity index (χ4v) is 2.41. The number of nitrogens with zero attached hydrogens (tertiary/aromatic N) is 1. The Labute approximate surface area is 133 Å². The van der Waals surface area contributed by atoms with Gasteiger partial charge in [0.05, 0.1) is 5.69 Å². The molecule has 1 aromatic carbocycles. The zero-order valence-electron chi connectivity index (χ0n) is 12.5. The van der Waals surface area contributed by atoms with Crippen molar-refractivity contribution in [3.05, 3.63) is 59.3 Å². The first-order valence-electron chi connectivity index (χ1n) is 7.36. The van der Waals surface area contributed by atoms with E-state index in [-0.39, 0.29) is 11.3 Å². The lowest BCUT2D eigenvalue weighted by Gasteiger charge is -2.04. The number of carbonyl (C=O) groups excluding carboxylic acids is 1. The van der Waals surface area contributed by atoms with Crippen molar-refractivity contribution >= 4 is 17.7 Å². The Morgan fingerprint density at radius 3 is 2.78 bits per heavy atom. The van der Waals surface area contributed by atoms with Gasteiger partial charge in [-0.05, 0) is 36.6 Å². The highest BCUT2D eigenvalue weighted by Crippen LogP contribution is 2.47. The Morgan fingerprint density at radius 2 is 2.13 bits per heavy atom. The molecule has 5 heteroatoms. The van der Waals surface area contributed by atoms with Gasteiger partial charge in [0.1, 0.15) is 29.0 Å². The lowest BCUT2D eigenvalue weighted by Crippen LogP contribution is -2.14. The van der Waals surface area contributed by atoms with Gasteiger partial charge >= 0.3 is 0 Å². The molecule has 1 saturated carbocycles. The average Bonchev–Trinajstić information content (AvgIpc) is 3.09. The molecule has 0 saturated heterocycles. The monoisotopic (exact) mass is 310 g/mol. The van der Waals surface area contributed by atoms with Crippen molar-refractivity contribution in [3.8, 4) is 6.07 Å². The highest BCUT2D eigenvalue weighted by Gasteiger charge is 2.36. The summed E-state index contributed by atoms with van der Waals surface area (Å²) in [5, 5.41) is 11.5. The molecule has 4 nitrogen and oxygen atoms in total. The summed E-state index contributed by atoms with van der Waals surface area (Å²) in [6.07, 6.45) is 2.46. The third-order valence-electron chi connectivity index (χ3n) is 3.90. The second kappa shape index (κ2) is 6.09. The highest BCUT2D eigenvalue weighted by molar-refractivity contribution is 6.09. The summed E-state index contributed by atoms with van der Waals surface area (Å²) < 4.78 is 19.2. The van der Waals surface area contributed by atoms with E-state index in [9.17, 15) is 9.18 Å². The van der Waals surface area contributed by atoms with Gasteiger partial charge in [-0.25, -0.2) is 4.39 Å². The highest BCUT2D eigenvalue weighted by atomic mass is 19.1. The van der Waals surface area contributed by atoms with Crippen molar-refractivity contribution in [1.29, 1.82) is 5.26 Å². The first-order chi connectivity index (χ1) is 11.1. The molecule has 0 aliphatic heterocycles. The largest absolute Gasteiger partial charge is 0.461 e. The molecule has 3 rings (SSSR count). The molecular formula is C18H15FN2O2. The summed E-state index contributed by atoms with van der Waals surface area (Å²) in [5.41, 5.74) is -0.108. The van der Waals surface area contributed by atoms with E-state index in [0.717, 1.165) is 12.2 Å². The van der Waals surface area contributed by atoms with Crippen molar-refractivity contribution in [1.82, 2.24) is 0 Å². The molecule has 1 aliphatic carbocycles. The molecule has 1 heterocycles. The maximum atomic E-state index is 13.5. The third-order valence-corrected chi connectivity index (χ3v) is 3.90. The van der Waals surface area contributed by atoms with Crippen LogP contribution in [0, 0.1) is 23.1 Å². The van der Waals surface area contributed by atoms with Crippen LogP contribution in [0.4, 0.5) is 10.1 Å². The number of furan rings is 1. The van der Waals surface area contributed by atoms with Crippen LogP contribution in [-0.2, 0) is 4.79 Å². The number of carbonyl (C=O) groups is 1. The number of hydrogen-bond donors (Lipinski definition) is 1. The minimum atomic E-state index is -0.671. The van der Waals surface area contributed by atoms with Crippen LogP contribution in [0.25, 0.3) is 6.08 Å². The Kier molecular flexibility index (Phi) is 3.98. The summed E-state index contributed by atoms with van der Waals surface area (Å²) in [6, 6.07) is 11.2. The first kappa shape index (κ1) is 15.0. The minimum Gasteiger partial charge on any atom is -0.461 e. The van der Waals surface area contributed by atoms with E-state index in [4.69, 9.17) is 9.68 Å². The molecule has 2 aromatic rings. The predicted octanol–water partition coefficient (Wildman–Crippen LogP) is 4.09. The predicted molar refractivity (Wildman–Crippen MR) is 83.8 cm³/mol. The van der Waals surface area contributed by atoms with Gasteiger partial charge in [0.2, 0.25) is 0 Å². The van der Waals surface area contributed by atoms with Crippen LogP contribution in [0.15, 0.2) is 46.4 Å². The summed E-state index contributed by atoms with van der Waals surface area (Å²) in [6.45, 7) is 2.14. The number of para-hydroxylation sites is 1. The molecule has 23 heavy (non-hydrogen) atoms. The van der Waals surface area contributed by atoms with Gasteiger partial charge in [0.15, 0.2) is 0 Å². The first-order valence-corrected chi connectivity index (χ1v) is 7.36. The van der Waals surface area contributed by atoms with Gasteiger partial charge < -0.3 is 9.73 Å². The van der Waals surface area contributed by atoms with Gasteiger partial charge in [-0.2, -0.15) is 5.26 Å². The molecule has 0 bridgehead atoms. The van der Waals surface area contributed by atoms with Gasteiger partial charge in [0, 0.05) is 12.0 Å². The maximum Gasteiger partial charge on any atom is 0.266 e. The fraction of sp³-hybridized carbons (Fsp3) is 0.222. The SMILES string of the molecule is C[C@H]1C[C@H]1c1ccc(/C=C(\C#N)C(=O)Nc2ccccc2F)o1. The quantitative estimate of drug-likeness (QED) is 0.683. The maximum absolute atomic E-state index is 13.5. The van der Waals surface area contributed by atoms with Gasteiger partial charge in [-0.15, -0.1) is 0 Å². The number of rotatable bonds is 4. The van der Waals surface area contributed by atoms with E-state index in [1.54, 1.807) is 12.1 Å². The summed E-state index contributed by atoms with van der Waals surface area (Å²) in [5.74, 6) is 1.12. The van der Waals surface area contributed by atoms with E-state index in [0.29, 0.717) is 17.6 Å². The molecule has 1 amide bonds. The number of nitrogens with one attached hydrogen (secondary N) is 1. The molecular weight excluding hydrogens is 295 g/mol. The van der Waals surface area contributed by atoms with E-state index < -0.39 is 11.7 Å². The average molecular weight is 310 g/mol. The van der Waals surface area contributed by atoms with E-state index in [2.05, 4.69) is 12.2 Å². The van der Waals surface area contributed by atoms with Crippen molar-refractivity contribution < 1.29 is 13.6 Å². The zero-order valence-corrected chi connectivity index (χ0v) is 12.5. The Morgan fingerprint density at radius 1 is 1.39 bits per heavy atom. The van der Waals surface area contributed by atoms with Crippen LogP contribution in [0.3, 0.4) is 0 Å². The van der Waals surface area contributed by atoms with E-state index >= 15 is 0 Å². The molecule has 0 radical (unpaired) electrons. The fourth-order valence-electron chi connectivity index (χ4n) is 2.41. The minimum absolute atomic E-state index is 0.0330. The number of amides is 1. The number of benzene rings is 1. The standard InChI is InChI=1S/C18H15FN2O2/c1-11-8-14(11)17-7-6-13(23-17)9-12(10-20)18(22)21-16-5-3-2-4-15(16)19/h2-7,9,11,14H,8H2,1H3,(H,21,22)/b12-9+/t11-,14+/m0/s1. The zero-order chi connectivity index (χ0) is 16.4. The second-order valence-electron chi connectivity index (χ2n) is 5.66. The number of hydrogen-bond acceptors (Lipinski definition) is 3. The van der Waals surface area contributed by atoms with Crippen molar-refractivity contribution in [2.24, 2.45) is 5.92 Å². The molecule has 1 fully saturated rings. The molecule has 0 spiro atoms. The Hall–Kier alpha value is -2.87. The van der Waals surface area contributed by atoms with Crippen molar-refractivity contribution in [3.63, 3.8) is 0 Å². The molecule has 2 atom stereocenters. The topological polar surface area (TPSA) is 66.0 Å². The third kappa shape index (κ3) is 3.32. The molecule has 1 N–H and O–H groups in total. The second-order valence-corrected chi connectivity index (χ2v) is 5.66. The number of nitriles is 1. The van der Waals surface area contributed by atoms with Crippen LogP contribution in [0.1, 0.15) is 30.8 Å². The van der Waals surface area contributed by atoms with Crippen LogP contribution in [0.5, 0.6) is 0 Å². The van der Waals surface area contributed by atoms with Crippen molar-refractivity contribution in [2.75, 3.05) is 5.32 Å². The summed E-state index contributed by atoms with van der Waals surface area (Å²) in [4.78, 5) is 12.1. The molecule has 1 aromatic heterocycles. The van der Waals surface area contributed by atoms with Gasteiger partial charge in [-0.1, -0.05) is 19.1 Å². The number of halogens is 1. The lowest BCUT2D eigenvalue weighted by atomic mass is 10.2. The van der Waals surface area contributed by atoms with Crippen LogP contribution < -0.4 is 5.32 Å². The Bertz CT molecular complexity index is 816. The van der Waals surface area contributed by atoms with Crippen LogP contribution >= 0.6 is 0 Å². The Balaban J connectivity index is 1.76. The van der Waals surface area contributed by atoms with Gasteiger partial charge in [-0.3, -0.25) is 4.79 Å². The van der Waals surface area contributed by atoms with E-state index in [1.165, 1.54) is 24.3 Å². The lowest BCUT2D eigenvalue weighted by molar-refractivity contribution is -0.112. The number of anilines is 1. The van der Waals surface area contributed by atoms with Crippen LogP contribution in [-0.4, -0.2) is 5.91 Å². The smallest absolute Gasteiger partial charge is 0.266 e.